The lowest BCUT2D eigenvalue weighted by atomic mass is 10.0. The van der Waals surface area contributed by atoms with E-state index in [4.69, 9.17) is 0 Å². The molecule has 1 radical (unpaired) electrons. The van der Waals surface area contributed by atoms with Gasteiger partial charge in [0.05, 0.1) is 11.4 Å². The van der Waals surface area contributed by atoms with Crippen molar-refractivity contribution < 1.29 is 4.79 Å². The Labute approximate surface area is 98.8 Å². The van der Waals surface area contributed by atoms with Crippen LogP contribution in [0.1, 0.15) is 15.9 Å². The van der Waals surface area contributed by atoms with Gasteiger partial charge in [0.25, 0.3) is 0 Å². The molecule has 0 saturated heterocycles. The molecule has 0 N–H and O–H groups in total. The van der Waals surface area contributed by atoms with E-state index >= 15 is 0 Å². The van der Waals surface area contributed by atoms with Crippen molar-refractivity contribution in [2.45, 2.75) is 0 Å². The van der Waals surface area contributed by atoms with Gasteiger partial charge in [-0.1, -0.05) is 30.3 Å². The van der Waals surface area contributed by atoms with Gasteiger partial charge in [0, 0.05) is 11.1 Å². The Kier molecular flexibility index (Phi) is 2.22. The summed E-state index contributed by atoms with van der Waals surface area (Å²) < 4.78 is 0. The van der Waals surface area contributed by atoms with Gasteiger partial charge < -0.3 is 0 Å². The topological polar surface area (TPSA) is 43.5 Å². The first kappa shape index (κ1) is 9.78. The highest BCUT2D eigenvalue weighted by Gasteiger charge is 2.13. The molecular formula is C14H9N2O. The Morgan fingerprint density at radius 1 is 0.882 bits per heavy atom. The molecule has 3 heteroatoms. The molecule has 0 atom stereocenters. The van der Waals surface area contributed by atoms with Crippen LogP contribution in [0.15, 0.2) is 53.5 Å². The predicted molar refractivity (Wildman–Crippen MR) is 66.3 cm³/mol. The van der Waals surface area contributed by atoms with Gasteiger partial charge in [-0.3, -0.25) is 4.79 Å². The highest BCUT2D eigenvalue weighted by molar-refractivity contribution is 6.10. The van der Waals surface area contributed by atoms with Gasteiger partial charge in [-0.2, -0.15) is 0 Å². The van der Waals surface area contributed by atoms with Crippen molar-refractivity contribution in [3.05, 3.63) is 59.7 Å². The first-order chi connectivity index (χ1) is 8.34. The summed E-state index contributed by atoms with van der Waals surface area (Å²) in [7, 11) is 0. The maximum absolute atomic E-state index is 12.2. The van der Waals surface area contributed by atoms with Crippen LogP contribution in [0.3, 0.4) is 0 Å². The molecule has 3 nitrogen and oxygen atoms in total. The van der Waals surface area contributed by atoms with Crippen molar-refractivity contribution in [3.63, 3.8) is 0 Å². The van der Waals surface area contributed by atoms with Crippen LogP contribution in [0.25, 0.3) is 0 Å². The van der Waals surface area contributed by atoms with Crippen molar-refractivity contribution in [1.82, 2.24) is 5.32 Å². The molecule has 0 bridgehead atoms. The molecule has 17 heavy (non-hydrogen) atoms. The van der Waals surface area contributed by atoms with Crippen molar-refractivity contribution in [2.24, 2.45) is 4.99 Å². The van der Waals surface area contributed by atoms with Crippen LogP contribution in [-0.2, 0) is 0 Å². The molecule has 1 heterocycles. The van der Waals surface area contributed by atoms with Crippen molar-refractivity contribution in [2.75, 3.05) is 0 Å². The molecular weight excluding hydrogens is 212 g/mol. The number of aliphatic imine (C=N–C) groups is 1. The zero-order valence-corrected chi connectivity index (χ0v) is 9.00. The molecule has 0 aromatic heterocycles. The van der Waals surface area contributed by atoms with Crippen LogP contribution in [0.5, 0.6) is 0 Å². The van der Waals surface area contributed by atoms with E-state index < -0.39 is 0 Å². The van der Waals surface area contributed by atoms with E-state index in [0.717, 1.165) is 11.4 Å². The summed E-state index contributed by atoms with van der Waals surface area (Å²) >= 11 is 0. The Morgan fingerprint density at radius 2 is 1.71 bits per heavy atom. The molecule has 0 amide bonds. The minimum atomic E-state index is 0.00972. The van der Waals surface area contributed by atoms with Crippen LogP contribution in [0.4, 0.5) is 11.4 Å². The van der Waals surface area contributed by atoms with Gasteiger partial charge in [0.1, 0.15) is 6.34 Å². The first-order valence-corrected chi connectivity index (χ1v) is 5.32. The van der Waals surface area contributed by atoms with Crippen molar-refractivity contribution >= 4 is 23.5 Å². The second-order valence-electron chi connectivity index (χ2n) is 3.77. The zero-order valence-electron chi connectivity index (χ0n) is 9.00. The van der Waals surface area contributed by atoms with E-state index in [1.807, 2.05) is 36.4 Å². The lowest BCUT2D eigenvalue weighted by Gasteiger charge is -2.02. The lowest BCUT2D eigenvalue weighted by molar-refractivity contribution is 0.103. The summed E-state index contributed by atoms with van der Waals surface area (Å²) in [5.41, 5.74) is 2.90. The van der Waals surface area contributed by atoms with Gasteiger partial charge in [0.2, 0.25) is 0 Å². The first-order valence-electron chi connectivity index (χ1n) is 5.32. The Bertz CT molecular complexity index is 603. The number of rotatable bonds is 2. The van der Waals surface area contributed by atoms with E-state index in [1.165, 1.54) is 6.34 Å². The predicted octanol–water partition coefficient (Wildman–Crippen LogP) is 2.83. The van der Waals surface area contributed by atoms with Crippen LogP contribution in [-0.4, -0.2) is 12.1 Å². The summed E-state index contributed by atoms with van der Waals surface area (Å²) in [4.78, 5) is 16.2. The summed E-state index contributed by atoms with van der Waals surface area (Å²) in [5, 5.41) is 4.09. The summed E-state index contributed by atoms with van der Waals surface area (Å²) in [6, 6.07) is 14.6. The number of ketones is 1. The fourth-order valence-corrected chi connectivity index (χ4v) is 1.79. The normalized spacial score (nSPS) is 12.0. The van der Waals surface area contributed by atoms with Crippen LogP contribution >= 0.6 is 0 Å². The lowest BCUT2D eigenvalue weighted by Crippen LogP contribution is -2.01. The quantitative estimate of drug-likeness (QED) is 0.719. The zero-order chi connectivity index (χ0) is 11.7. The molecule has 0 spiro atoms. The van der Waals surface area contributed by atoms with Crippen LogP contribution < -0.4 is 5.32 Å². The minimum Gasteiger partial charge on any atom is -0.289 e. The molecule has 3 rings (SSSR count). The Balaban J connectivity index is 1.98. The van der Waals surface area contributed by atoms with Gasteiger partial charge >= 0.3 is 0 Å². The van der Waals surface area contributed by atoms with E-state index in [-0.39, 0.29) is 5.78 Å². The number of carbonyl (C=O) groups is 1. The smallest absolute Gasteiger partial charge is 0.193 e. The fraction of sp³-hybridized carbons (Fsp3) is 0. The number of fused-ring (bicyclic) bond motifs is 1. The molecule has 81 valence electrons. The summed E-state index contributed by atoms with van der Waals surface area (Å²) in [6.45, 7) is 0. The molecule has 1 aliphatic heterocycles. The highest BCUT2D eigenvalue weighted by Crippen LogP contribution is 2.29. The molecule has 0 fully saturated rings. The molecule has 0 aliphatic carbocycles. The third-order valence-electron chi connectivity index (χ3n) is 2.67. The fourth-order valence-electron chi connectivity index (χ4n) is 1.79. The summed E-state index contributed by atoms with van der Waals surface area (Å²) in [6.07, 6.45) is 1.50. The second kappa shape index (κ2) is 3.87. The largest absolute Gasteiger partial charge is 0.289 e. The van der Waals surface area contributed by atoms with Crippen LogP contribution in [0, 0.1) is 0 Å². The number of hydrogen-bond acceptors (Lipinski definition) is 2. The van der Waals surface area contributed by atoms with Gasteiger partial charge in [-0.25, -0.2) is 10.3 Å². The van der Waals surface area contributed by atoms with Crippen LogP contribution in [0.2, 0.25) is 0 Å². The standard InChI is InChI=1S/C14H9N2O/c17-14(10-4-2-1-3-5-10)11-6-7-12-13(8-11)16-9-15-12/h1-9H. The van der Waals surface area contributed by atoms with Crippen molar-refractivity contribution in [3.8, 4) is 0 Å². The number of hydrogen-bond donors (Lipinski definition) is 0. The maximum Gasteiger partial charge on any atom is 0.193 e. The van der Waals surface area contributed by atoms with E-state index in [2.05, 4.69) is 10.3 Å². The van der Waals surface area contributed by atoms with Gasteiger partial charge in [-0.05, 0) is 18.2 Å². The van der Waals surface area contributed by atoms with E-state index in [0.29, 0.717) is 11.1 Å². The van der Waals surface area contributed by atoms with Gasteiger partial charge in [-0.15, -0.1) is 0 Å². The average molecular weight is 221 g/mol. The monoisotopic (exact) mass is 221 g/mol. The third-order valence-corrected chi connectivity index (χ3v) is 2.67. The molecule has 0 unspecified atom stereocenters. The van der Waals surface area contributed by atoms with Crippen molar-refractivity contribution in [1.29, 1.82) is 0 Å². The number of nitrogens with zero attached hydrogens (tertiary/aromatic N) is 2. The molecule has 1 aliphatic rings. The molecule has 0 saturated carbocycles. The maximum atomic E-state index is 12.2. The van der Waals surface area contributed by atoms with E-state index in [1.54, 1.807) is 12.1 Å². The molecule has 2 aromatic carbocycles. The van der Waals surface area contributed by atoms with Gasteiger partial charge in [0.15, 0.2) is 5.78 Å². The second-order valence-corrected chi connectivity index (χ2v) is 3.77. The average Bonchev–Trinajstić information content (AvgIpc) is 2.86. The third kappa shape index (κ3) is 1.72. The van der Waals surface area contributed by atoms with E-state index in [9.17, 15) is 4.79 Å². The Hall–Kier alpha value is -2.42. The SMILES string of the molecule is O=C(c1ccccc1)c1ccc2c(c1)[N]C=N2. The Morgan fingerprint density at radius 3 is 2.53 bits per heavy atom. The summed E-state index contributed by atoms with van der Waals surface area (Å²) in [5.74, 6) is 0.00972. The number of carbonyl (C=O) groups excluding carboxylic acids is 1. The highest BCUT2D eigenvalue weighted by atomic mass is 16.1. The minimum absolute atomic E-state index is 0.00972. The molecule has 2 aromatic rings. The number of benzene rings is 2.